The van der Waals surface area contributed by atoms with E-state index in [1.807, 2.05) is 34.9 Å². The number of hydrogen-bond acceptors (Lipinski definition) is 4. The van der Waals surface area contributed by atoms with E-state index in [1.54, 1.807) is 45.4 Å². The molecule has 1 saturated heterocycles. The molecule has 0 atom stereocenters. The zero-order valence-electron chi connectivity index (χ0n) is 25.0. The van der Waals surface area contributed by atoms with Crippen LogP contribution in [-0.2, 0) is 12.4 Å². The van der Waals surface area contributed by atoms with Crippen molar-refractivity contribution in [2.45, 2.75) is 19.3 Å². The minimum absolute atomic E-state index is 0.0203. The van der Waals surface area contributed by atoms with Gasteiger partial charge in [-0.15, -0.1) is 0 Å². The summed E-state index contributed by atoms with van der Waals surface area (Å²) in [6, 6.07) is 17.2. The van der Waals surface area contributed by atoms with Gasteiger partial charge in [0.25, 0.3) is 11.8 Å². The molecule has 0 aliphatic carbocycles. The number of piperazine rings is 1. The van der Waals surface area contributed by atoms with Crippen LogP contribution >= 0.6 is 0 Å². The lowest BCUT2D eigenvalue weighted by atomic mass is 10.0. The van der Waals surface area contributed by atoms with Gasteiger partial charge in [0.05, 0.1) is 36.6 Å². The van der Waals surface area contributed by atoms with E-state index < -0.39 is 35.0 Å². The van der Waals surface area contributed by atoms with Crippen molar-refractivity contribution < 1.29 is 45.4 Å². The Labute approximate surface area is 260 Å². The number of hydrogen-bond donors (Lipinski definition) is 0. The third kappa shape index (κ3) is 6.53. The second-order valence-electron chi connectivity index (χ2n) is 10.7. The largest absolute Gasteiger partial charge is 0.497 e. The zero-order valence-corrected chi connectivity index (χ0v) is 25.0. The zero-order chi connectivity index (χ0) is 33.4. The summed E-state index contributed by atoms with van der Waals surface area (Å²) in [7, 11) is 3.11. The highest BCUT2D eigenvalue weighted by molar-refractivity contribution is 5.98. The van der Waals surface area contributed by atoms with Crippen molar-refractivity contribution in [2.24, 2.45) is 0 Å². The number of nitrogens with zero attached hydrogens (tertiary/aromatic N) is 3. The van der Waals surface area contributed by atoms with E-state index in [9.17, 15) is 35.9 Å². The second kappa shape index (κ2) is 12.5. The quantitative estimate of drug-likeness (QED) is 0.210. The van der Waals surface area contributed by atoms with Gasteiger partial charge < -0.3 is 23.8 Å². The number of benzene rings is 3. The lowest BCUT2D eigenvalue weighted by Crippen LogP contribution is -2.50. The van der Waals surface area contributed by atoms with E-state index in [0.29, 0.717) is 34.9 Å². The molecule has 1 aliphatic heterocycles. The van der Waals surface area contributed by atoms with Crippen molar-refractivity contribution in [3.63, 3.8) is 0 Å². The number of rotatable bonds is 6. The number of carbonyl (C=O) groups is 2. The summed E-state index contributed by atoms with van der Waals surface area (Å²) in [5.74, 6) is -0.0446. The average Bonchev–Trinajstić information content (AvgIpc) is 3.39. The van der Waals surface area contributed by atoms with Crippen LogP contribution in [0.5, 0.6) is 11.5 Å². The van der Waals surface area contributed by atoms with Gasteiger partial charge >= 0.3 is 12.4 Å². The SMILES string of the molecule is COc1ccc(-c2cc(C(=O)N3CCN(C(=O)c4cc(C(F)(F)F)cc(C(F)(F)F)c4)CC3)c(C)n2-c2cccc(OC)c2)cc1. The van der Waals surface area contributed by atoms with Crippen LogP contribution in [0.1, 0.15) is 37.5 Å². The molecule has 4 aromatic rings. The third-order valence-electron chi connectivity index (χ3n) is 7.86. The lowest BCUT2D eigenvalue weighted by molar-refractivity contribution is -0.143. The molecule has 0 bridgehead atoms. The molecular formula is C33H29F6N3O4. The summed E-state index contributed by atoms with van der Waals surface area (Å²) < 4.78 is 92.7. The first-order valence-corrected chi connectivity index (χ1v) is 14.1. The van der Waals surface area contributed by atoms with E-state index in [0.717, 1.165) is 21.8 Å². The van der Waals surface area contributed by atoms with Crippen molar-refractivity contribution in [1.29, 1.82) is 0 Å². The Balaban J connectivity index is 1.41. The monoisotopic (exact) mass is 645 g/mol. The van der Waals surface area contributed by atoms with Crippen molar-refractivity contribution in [3.05, 3.63) is 101 Å². The van der Waals surface area contributed by atoms with Gasteiger partial charge in [-0.1, -0.05) is 6.07 Å². The van der Waals surface area contributed by atoms with Crippen molar-refractivity contribution in [3.8, 4) is 28.4 Å². The molecule has 5 rings (SSSR count). The topological polar surface area (TPSA) is 64.0 Å². The predicted octanol–water partition coefficient (Wildman–Crippen LogP) is 7.11. The van der Waals surface area contributed by atoms with Crippen LogP contribution in [0.15, 0.2) is 72.8 Å². The van der Waals surface area contributed by atoms with Crippen LogP contribution in [0, 0.1) is 6.92 Å². The van der Waals surface area contributed by atoms with Gasteiger partial charge in [-0.2, -0.15) is 26.3 Å². The van der Waals surface area contributed by atoms with Crippen molar-refractivity contribution >= 4 is 11.8 Å². The Kier molecular flexibility index (Phi) is 8.78. The fraction of sp³-hybridized carbons (Fsp3) is 0.273. The Morgan fingerprint density at radius 1 is 0.674 bits per heavy atom. The molecule has 0 saturated carbocycles. The first-order valence-electron chi connectivity index (χ1n) is 14.1. The van der Waals surface area contributed by atoms with Crippen molar-refractivity contribution in [2.75, 3.05) is 40.4 Å². The highest BCUT2D eigenvalue weighted by atomic mass is 19.4. The number of ether oxygens (including phenoxy) is 2. The van der Waals surface area contributed by atoms with E-state index in [4.69, 9.17) is 9.47 Å². The van der Waals surface area contributed by atoms with Crippen LogP contribution in [0.25, 0.3) is 16.9 Å². The molecule has 46 heavy (non-hydrogen) atoms. The number of aromatic nitrogens is 1. The molecule has 242 valence electrons. The second-order valence-corrected chi connectivity index (χ2v) is 10.7. The van der Waals surface area contributed by atoms with Crippen LogP contribution in [0.2, 0.25) is 0 Å². The van der Waals surface area contributed by atoms with Crippen LogP contribution in [0.4, 0.5) is 26.3 Å². The maximum Gasteiger partial charge on any atom is 0.416 e. The summed E-state index contributed by atoms with van der Waals surface area (Å²) in [6.07, 6.45) is -10.2. The molecule has 7 nitrogen and oxygen atoms in total. The molecule has 1 aromatic heterocycles. The molecule has 13 heteroatoms. The maximum absolute atomic E-state index is 13.8. The Morgan fingerprint density at radius 3 is 1.74 bits per heavy atom. The van der Waals surface area contributed by atoms with Crippen LogP contribution in [0.3, 0.4) is 0 Å². The molecule has 2 amide bonds. The maximum atomic E-state index is 13.8. The van der Waals surface area contributed by atoms with E-state index in [2.05, 4.69) is 0 Å². The van der Waals surface area contributed by atoms with E-state index in [1.165, 1.54) is 4.90 Å². The molecule has 0 N–H and O–H groups in total. The number of halogens is 6. The summed E-state index contributed by atoms with van der Waals surface area (Å²) in [6.45, 7) is 1.69. The van der Waals surface area contributed by atoms with Crippen molar-refractivity contribution in [1.82, 2.24) is 14.4 Å². The number of methoxy groups -OCH3 is 2. The minimum atomic E-state index is -5.08. The molecule has 2 heterocycles. The molecule has 3 aromatic carbocycles. The molecule has 1 fully saturated rings. The number of alkyl halides is 6. The van der Waals surface area contributed by atoms with Gasteiger partial charge in [-0.05, 0) is 73.2 Å². The van der Waals surface area contributed by atoms with Gasteiger partial charge in [-0.3, -0.25) is 9.59 Å². The third-order valence-corrected chi connectivity index (χ3v) is 7.86. The summed E-state index contributed by atoms with van der Waals surface area (Å²) in [4.78, 5) is 29.6. The summed E-state index contributed by atoms with van der Waals surface area (Å²) in [5.41, 5.74) is -0.566. The highest BCUT2D eigenvalue weighted by Gasteiger charge is 2.38. The van der Waals surface area contributed by atoms with Crippen LogP contribution < -0.4 is 9.47 Å². The fourth-order valence-corrected chi connectivity index (χ4v) is 5.42. The Morgan fingerprint density at radius 2 is 1.22 bits per heavy atom. The molecule has 1 aliphatic rings. The van der Waals surface area contributed by atoms with Gasteiger partial charge in [0, 0.05) is 49.2 Å². The van der Waals surface area contributed by atoms with E-state index >= 15 is 0 Å². The summed E-state index contributed by atoms with van der Waals surface area (Å²) in [5, 5.41) is 0. The summed E-state index contributed by atoms with van der Waals surface area (Å²) >= 11 is 0. The van der Waals surface area contributed by atoms with Gasteiger partial charge in [-0.25, -0.2) is 0 Å². The Hall–Kier alpha value is -4.94. The van der Waals surface area contributed by atoms with Gasteiger partial charge in [0.2, 0.25) is 0 Å². The normalized spacial score (nSPS) is 13.9. The van der Waals surface area contributed by atoms with Gasteiger partial charge in [0.15, 0.2) is 0 Å². The lowest BCUT2D eigenvalue weighted by Gasteiger charge is -2.35. The first kappa shape index (κ1) is 32.5. The highest BCUT2D eigenvalue weighted by Crippen LogP contribution is 2.37. The van der Waals surface area contributed by atoms with E-state index in [-0.39, 0.29) is 38.2 Å². The molecular weight excluding hydrogens is 616 g/mol. The van der Waals surface area contributed by atoms with Crippen LogP contribution in [-0.4, -0.2) is 66.6 Å². The fourth-order valence-electron chi connectivity index (χ4n) is 5.42. The smallest absolute Gasteiger partial charge is 0.416 e. The number of carbonyl (C=O) groups excluding carboxylic acids is 2. The standard InChI is InChI=1S/C33H29F6N3O4/c1-20-28(19-29(21-7-9-26(45-2)10-8-21)42(20)25-5-4-6-27(18-25)46-3)31(44)41-13-11-40(12-14-41)30(43)22-15-23(32(34,35)36)17-24(16-22)33(37,38)39/h4-10,15-19H,11-14H2,1-3H3. The minimum Gasteiger partial charge on any atom is -0.497 e. The first-order chi connectivity index (χ1) is 21.7. The molecule has 0 unspecified atom stereocenters. The number of amides is 2. The predicted molar refractivity (Wildman–Crippen MR) is 157 cm³/mol. The average molecular weight is 646 g/mol. The Bertz CT molecular complexity index is 1720. The molecule has 0 radical (unpaired) electrons. The van der Waals surface area contributed by atoms with Gasteiger partial charge in [0.1, 0.15) is 11.5 Å². The molecule has 0 spiro atoms.